The van der Waals surface area contributed by atoms with Gasteiger partial charge < -0.3 is 20.3 Å². The molecule has 10 nitrogen and oxygen atoms in total. The van der Waals surface area contributed by atoms with E-state index in [2.05, 4.69) is 15.6 Å². The van der Waals surface area contributed by atoms with Gasteiger partial charge in [-0.25, -0.2) is 22.2 Å². The Hall–Kier alpha value is -3.60. The van der Waals surface area contributed by atoms with Crippen LogP contribution < -0.4 is 10.6 Å². The standard InChI is InChI=1S/C23H25N5O5S/c1-22(2,3)33-21(30)27-12-10-23(14-27)20(29)25-17-13-24-19-16(18(17)26-23)9-11-28(19)34(31,32)15-7-5-4-6-8-15/h4-9,11,13,26H,10,12,14H2,1-3H3,(H,25,29). The highest BCUT2D eigenvalue weighted by atomic mass is 32.2. The van der Waals surface area contributed by atoms with E-state index in [1.54, 1.807) is 45.0 Å². The lowest BCUT2D eigenvalue weighted by Gasteiger charge is -2.35. The molecule has 1 saturated heterocycles. The van der Waals surface area contributed by atoms with Crippen molar-refractivity contribution in [2.75, 3.05) is 23.7 Å². The molecule has 0 aliphatic carbocycles. The van der Waals surface area contributed by atoms with E-state index in [0.717, 1.165) is 3.97 Å². The number of anilines is 2. The summed E-state index contributed by atoms with van der Waals surface area (Å²) in [7, 11) is -3.85. The number of hydrogen-bond acceptors (Lipinski definition) is 7. The molecule has 0 saturated carbocycles. The Kier molecular flexibility index (Phi) is 4.87. The normalized spacial score (nSPS) is 20.2. The number of amides is 2. The number of carbonyl (C=O) groups excluding carboxylic acids is 2. The summed E-state index contributed by atoms with van der Waals surface area (Å²) in [6.07, 6.45) is 2.79. The smallest absolute Gasteiger partial charge is 0.410 e. The molecule has 1 spiro atoms. The second kappa shape index (κ2) is 7.45. The molecule has 2 amide bonds. The Balaban J connectivity index is 1.50. The van der Waals surface area contributed by atoms with E-state index in [-0.39, 0.29) is 23.0 Å². The molecule has 4 heterocycles. The van der Waals surface area contributed by atoms with Gasteiger partial charge in [0.05, 0.1) is 29.0 Å². The second-order valence-electron chi connectivity index (χ2n) is 9.53. The summed E-state index contributed by atoms with van der Waals surface area (Å²) in [5.41, 5.74) is -0.444. The van der Waals surface area contributed by atoms with Crippen LogP contribution in [-0.2, 0) is 19.6 Å². The maximum absolute atomic E-state index is 13.2. The monoisotopic (exact) mass is 483 g/mol. The van der Waals surface area contributed by atoms with Crippen LogP contribution in [0.5, 0.6) is 0 Å². The highest BCUT2D eigenvalue weighted by Crippen LogP contribution is 2.40. The Morgan fingerprint density at radius 3 is 2.62 bits per heavy atom. The van der Waals surface area contributed by atoms with Crippen molar-refractivity contribution in [3.8, 4) is 0 Å². The third-order valence-corrected chi connectivity index (χ3v) is 7.63. The van der Waals surface area contributed by atoms with E-state index in [1.807, 2.05) is 0 Å². The Morgan fingerprint density at radius 1 is 1.18 bits per heavy atom. The number of carbonyl (C=O) groups is 2. The maximum Gasteiger partial charge on any atom is 0.410 e. The number of likely N-dealkylation sites (tertiary alicyclic amines) is 1. The van der Waals surface area contributed by atoms with Gasteiger partial charge in [-0.05, 0) is 45.4 Å². The highest BCUT2D eigenvalue weighted by molar-refractivity contribution is 7.90. The molecule has 2 N–H and O–H groups in total. The predicted octanol–water partition coefficient (Wildman–Crippen LogP) is 3.02. The molecule has 1 aromatic carbocycles. The first kappa shape index (κ1) is 22.2. The van der Waals surface area contributed by atoms with E-state index in [0.29, 0.717) is 29.7 Å². The minimum absolute atomic E-state index is 0.125. The fourth-order valence-corrected chi connectivity index (χ4v) is 5.63. The van der Waals surface area contributed by atoms with Crippen molar-refractivity contribution in [1.82, 2.24) is 13.9 Å². The van der Waals surface area contributed by atoms with Gasteiger partial charge in [-0.1, -0.05) is 18.2 Å². The Morgan fingerprint density at radius 2 is 1.91 bits per heavy atom. The zero-order chi connectivity index (χ0) is 24.3. The number of rotatable bonds is 2. The average Bonchev–Trinajstić information content (AvgIpc) is 3.40. The molecular weight excluding hydrogens is 458 g/mol. The third kappa shape index (κ3) is 3.56. The SMILES string of the molecule is CC(C)(C)OC(=O)N1CCC2(C1)Nc1c(cnc3c1ccn3S(=O)(=O)c1ccccc1)NC2=O. The zero-order valence-electron chi connectivity index (χ0n) is 19.0. The summed E-state index contributed by atoms with van der Waals surface area (Å²) in [5.74, 6) is -0.274. The molecule has 3 aromatic rings. The summed E-state index contributed by atoms with van der Waals surface area (Å²) in [4.78, 5) is 31.6. The lowest BCUT2D eigenvalue weighted by atomic mass is 9.93. The molecule has 2 aromatic heterocycles. The van der Waals surface area contributed by atoms with Crippen molar-refractivity contribution in [3.63, 3.8) is 0 Å². The largest absolute Gasteiger partial charge is 0.444 e. The molecule has 178 valence electrons. The van der Waals surface area contributed by atoms with Gasteiger partial charge in [0.25, 0.3) is 15.9 Å². The van der Waals surface area contributed by atoms with E-state index in [9.17, 15) is 18.0 Å². The summed E-state index contributed by atoms with van der Waals surface area (Å²) in [6, 6.07) is 9.76. The van der Waals surface area contributed by atoms with Gasteiger partial charge in [0.2, 0.25) is 0 Å². The number of benzene rings is 1. The van der Waals surface area contributed by atoms with Crippen LogP contribution in [0.15, 0.2) is 53.7 Å². The van der Waals surface area contributed by atoms with Crippen molar-refractivity contribution < 1.29 is 22.7 Å². The van der Waals surface area contributed by atoms with Crippen molar-refractivity contribution in [1.29, 1.82) is 0 Å². The minimum atomic E-state index is -3.85. The van der Waals surface area contributed by atoms with Gasteiger partial charge in [0.1, 0.15) is 11.1 Å². The molecular formula is C23H25N5O5S. The maximum atomic E-state index is 13.2. The van der Waals surface area contributed by atoms with E-state index < -0.39 is 27.3 Å². The lowest BCUT2D eigenvalue weighted by Crippen LogP contribution is -2.55. The van der Waals surface area contributed by atoms with Crippen LogP contribution in [-0.4, -0.2) is 58.5 Å². The first-order valence-electron chi connectivity index (χ1n) is 10.9. The summed E-state index contributed by atoms with van der Waals surface area (Å²) < 4.78 is 33.0. The van der Waals surface area contributed by atoms with Crippen LogP contribution >= 0.6 is 0 Å². The van der Waals surface area contributed by atoms with Crippen molar-refractivity contribution in [2.45, 2.75) is 43.2 Å². The zero-order valence-corrected chi connectivity index (χ0v) is 19.8. The van der Waals surface area contributed by atoms with Crippen LogP contribution in [0, 0.1) is 0 Å². The number of aromatic nitrogens is 2. The van der Waals surface area contributed by atoms with Gasteiger partial charge in [0, 0.05) is 18.1 Å². The van der Waals surface area contributed by atoms with Gasteiger partial charge in [0.15, 0.2) is 5.65 Å². The first-order valence-corrected chi connectivity index (χ1v) is 12.3. The van der Waals surface area contributed by atoms with Crippen LogP contribution in [0.25, 0.3) is 11.0 Å². The average molecular weight is 484 g/mol. The predicted molar refractivity (Wildman–Crippen MR) is 126 cm³/mol. The molecule has 1 atom stereocenters. The molecule has 0 radical (unpaired) electrons. The van der Waals surface area contributed by atoms with Gasteiger partial charge in [-0.2, -0.15) is 0 Å². The molecule has 2 aliphatic heterocycles. The van der Waals surface area contributed by atoms with Crippen molar-refractivity contribution >= 4 is 44.4 Å². The lowest BCUT2D eigenvalue weighted by molar-refractivity contribution is -0.120. The first-order chi connectivity index (χ1) is 16.0. The molecule has 1 fully saturated rings. The van der Waals surface area contributed by atoms with Crippen molar-refractivity contribution in [3.05, 3.63) is 48.8 Å². The molecule has 11 heteroatoms. The van der Waals surface area contributed by atoms with E-state index in [4.69, 9.17) is 4.74 Å². The van der Waals surface area contributed by atoms with Crippen LogP contribution in [0.3, 0.4) is 0 Å². The Labute approximate surface area is 197 Å². The molecule has 5 rings (SSSR count). The number of fused-ring (bicyclic) bond motifs is 3. The van der Waals surface area contributed by atoms with Gasteiger partial charge >= 0.3 is 6.09 Å². The van der Waals surface area contributed by atoms with Crippen LogP contribution in [0.2, 0.25) is 0 Å². The topological polar surface area (TPSA) is 123 Å². The fraction of sp³-hybridized carbons (Fsp3) is 0.348. The number of hydrogen-bond donors (Lipinski definition) is 2. The summed E-state index contributed by atoms with van der Waals surface area (Å²) in [5, 5.41) is 6.73. The number of nitrogens with zero attached hydrogens (tertiary/aromatic N) is 3. The third-order valence-electron chi connectivity index (χ3n) is 5.95. The Bertz CT molecular complexity index is 1410. The van der Waals surface area contributed by atoms with E-state index in [1.165, 1.54) is 29.4 Å². The van der Waals surface area contributed by atoms with Crippen LogP contribution in [0.1, 0.15) is 27.2 Å². The molecule has 1 unspecified atom stereocenters. The highest BCUT2D eigenvalue weighted by Gasteiger charge is 2.49. The van der Waals surface area contributed by atoms with Gasteiger partial charge in [-0.15, -0.1) is 0 Å². The number of ether oxygens (including phenoxy) is 1. The van der Waals surface area contributed by atoms with Gasteiger partial charge in [-0.3, -0.25) is 4.79 Å². The van der Waals surface area contributed by atoms with Crippen LogP contribution in [0.4, 0.5) is 16.2 Å². The number of pyridine rings is 1. The summed E-state index contributed by atoms with van der Waals surface area (Å²) in [6.45, 7) is 5.84. The van der Waals surface area contributed by atoms with E-state index >= 15 is 0 Å². The minimum Gasteiger partial charge on any atom is -0.444 e. The molecule has 2 aliphatic rings. The molecule has 34 heavy (non-hydrogen) atoms. The quantitative estimate of drug-likeness (QED) is 0.574. The number of nitrogens with one attached hydrogen (secondary N) is 2. The summed E-state index contributed by atoms with van der Waals surface area (Å²) >= 11 is 0. The second-order valence-corrected chi connectivity index (χ2v) is 11.3. The van der Waals surface area contributed by atoms with Crippen molar-refractivity contribution in [2.24, 2.45) is 0 Å². The fourth-order valence-electron chi connectivity index (χ4n) is 4.31. The molecule has 0 bridgehead atoms.